The average Bonchev–Trinajstić information content (AvgIpc) is 2.83. The van der Waals surface area contributed by atoms with Crippen LogP contribution in [0.3, 0.4) is 0 Å². The predicted octanol–water partition coefficient (Wildman–Crippen LogP) is 1.75. The monoisotopic (exact) mass is 263 g/mol. The number of carbonyl (C=O) groups is 1. The van der Waals surface area contributed by atoms with E-state index in [9.17, 15) is 4.79 Å². The third kappa shape index (κ3) is 3.33. The van der Waals surface area contributed by atoms with Crippen LogP contribution in [0.2, 0.25) is 0 Å². The maximum Gasteiger partial charge on any atom is 0.187 e. The first kappa shape index (κ1) is 14.0. The topological polar surface area (TPSA) is 49.8 Å². The minimum absolute atomic E-state index is 0.0736. The van der Waals surface area contributed by atoms with Crippen LogP contribution in [0.25, 0.3) is 0 Å². The SMILES string of the molecule is CCCc1ccc(N2C[C@@H](CCO)OC2C=O)cc1. The van der Waals surface area contributed by atoms with Crippen molar-refractivity contribution in [1.29, 1.82) is 0 Å². The number of aliphatic hydroxyl groups excluding tert-OH is 1. The number of rotatable bonds is 6. The highest BCUT2D eigenvalue weighted by Gasteiger charge is 2.32. The van der Waals surface area contributed by atoms with Crippen LogP contribution < -0.4 is 4.90 Å². The van der Waals surface area contributed by atoms with Crippen LogP contribution in [-0.2, 0) is 16.0 Å². The van der Waals surface area contributed by atoms with Crippen molar-refractivity contribution < 1.29 is 14.6 Å². The second kappa shape index (κ2) is 6.68. The molecule has 1 aromatic rings. The van der Waals surface area contributed by atoms with Crippen LogP contribution in [0, 0.1) is 0 Å². The molecule has 0 aliphatic carbocycles. The van der Waals surface area contributed by atoms with E-state index < -0.39 is 6.23 Å². The van der Waals surface area contributed by atoms with E-state index in [0.717, 1.165) is 24.8 Å². The predicted molar refractivity (Wildman–Crippen MR) is 74.2 cm³/mol. The first-order valence-corrected chi connectivity index (χ1v) is 6.85. The molecule has 1 unspecified atom stereocenters. The quantitative estimate of drug-likeness (QED) is 0.794. The van der Waals surface area contributed by atoms with Crippen molar-refractivity contribution >= 4 is 12.0 Å². The molecule has 4 heteroatoms. The van der Waals surface area contributed by atoms with Crippen LogP contribution in [-0.4, -0.2) is 36.9 Å². The van der Waals surface area contributed by atoms with Crippen LogP contribution in [0.15, 0.2) is 24.3 Å². The molecule has 1 aliphatic rings. The number of aryl methyl sites for hydroxylation is 1. The van der Waals surface area contributed by atoms with Gasteiger partial charge >= 0.3 is 0 Å². The second-order valence-corrected chi connectivity index (χ2v) is 4.87. The Morgan fingerprint density at radius 2 is 2.16 bits per heavy atom. The van der Waals surface area contributed by atoms with Crippen molar-refractivity contribution in [2.75, 3.05) is 18.1 Å². The van der Waals surface area contributed by atoms with Crippen molar-refractivity contribution in [3.8, 4) is 0 Å². The van der Waals surface area contributed by atoms with E-state index in [1.165, 1.54) is 5.56 Å². The van der Waals surface area contributed by atoms with E-state index in [-0.39, 0.29) is 12.7 Å². The van der Waals surface area contributed by atoms with Gasteiger partial charge in [0.25, 0.3) is 0 Å². The summed E-state index contributed by atoms with van der Waals surface area (Å²) < 4.78 is 5.59. The number of hydrogen-bond donors (Lipinski definition) is 1. The Morgan fingerprint density at radius 3 is 2.74 bits per heavy atom. The van der Waals surface area contributed by atoms with Gasteiger partial charge in [0.05, 0.1) is 6.10 Å². The largest absolute Gasteiger partial charge is 0.396 e. The standard InChI is InChI=1S/C15H21NO3/c1-2-3-12-4-6-13(7-5-12)16-10-14(8-9-17)19-15(16)11-18/h4-7,11,14-15,17H,2-3,8-10H2,1H3/t14-,15?/m1/s1. The average molecular weight is 263 g/mol. The van der Waals surface area contributed by atoms with Gasteiger partial charge in [0.1, 0.15) is 0 Å². The maximum atomic E-state index is 11.1. The van der Waals surface area contributed by atoms with Gasteiger partial charge in [-0.25, -0.2) is 0 Å². The molecule has 0 saturated carbocycles. The molecule has 2 atom stereocenters. The number of aliphatic hydroxyl groups is 1. The molecule has 104 valence electrons. The van der Waals surface area contributed by atoms with Crippen molar-refractivity contribution in [3.63, 3.8) is 0 Å². The zero-order chi connectivity index (χ0) is 13.7. The van der Waals surface area contributed by atoms with Crippen molar-refractivity contribution in [1.82, 2.24) is 0 Å². The Kier molecular flexibility index (Phi) is 4.93. The maximum absolute atomic E-state index is 11.1. The summed E-state index contributed by atoms with van der Waals surface area (Å²) in [5.41, 5.74) is 2.30. The van der Waals surface area contributed by atoms with Gasteiger partial charge in [0.2, 0.25) is 0 Å². The van der Waals surface area contributed by atoms with Gasteiger partial charge in [-0.15, -0.1) is 0 Å². The number of carbonyl (C=O) groups excluding carboxylic acids is 1. The van der Waals surface area contributed by atoms with E-state index in [1.807, 2.05) is 17.0 Å². The Hall–Kier alpha value is -1.39. The molecule has 1 heterocycles. The first-order valence-electron chi connectivity index (χ1n) is 6.85. The highest BCUT2D eigenvalue weighted by Crippen LogP contribution is 2.25. The summed E-state index contributed by atoms with van der Waals surface area (Å²) in [5, 5.41) is 8.95. The van der Waals surface area contributed by atoms with Crippen molar-refractivity contribution in [2.45, 2.75) is 38.5 Å². The van der Waals surface area contributed by atoms with Crippen LogP contribution in [0.5, 0.6) is 0 Å². The molecular weight excluding hydrogens is 242 g/mol. The van der Waals surface area contributed by atoms with Crippen LogP contribution in [0.1, 0.15) is 25.3 Å². The zero-order valence-electron chi connectivity index (χ0n) is 11.3. The summed E-state index contributed by atoms with van der Waals surface area (Å²) in [7, 11) is 0. The lowest BCUT2D eigenvalue weighted by molar-refractivity contribution is -0.117. The summed E-state index contributed by atoms with van der Waals surface area (Å²) >= 11 is 0. The molecule has 1 aliphatic heterocycles. The summed E-state index contributed by atoms with van der Waals surface area (Å²) in [6.07, 6.45) is 2.97. The lowest BCUT2D eigenvalue weighted by Crippen LogP contribution is -2.31. The third-order valence-electron chi connectivity index (χ3n) is 3.41. The molecule has 0 bridgehead atoms. The van der Waals surface area contributed by atoms with E-state index in [0.29, 0.717) is 13.0 Å². The fraction of sp³-hybridized carbons (Fsp3) is 0.533. The van der Waals surface area contributed by atoms with Gasteiger partial charge in [-0.2, -0.15) is 0 Å². The molecular formula is C15H21NO3. The normalized spacial score (nSPS) is 22.7. The number of aldehydes is 1. The molecule has 0 aromatic heterocycles. The molecule has 0 spiro atoms. The lowest BCUT2D eigenvalue weighted by atomic mass is 10.1. The van der Waals surface area contributed by atoms with E-state index in [2.05, 4.69) is 19.1 Å². The van der Waals surface area contributed by atoms with E-state index in [1.54, 1.807) is 0 Å². The van der Waals surface area contributed by atoms with Crippen LogP contribution in [0.4, 0.5) is 5.69 Å². The Morgan fingerprint density at radius 1 is 1.42 bits per heavy atom. The molecule has 0 amide bonds. The minimum atomic E-state index is -0.534. The fourth-order valence-corrected chi connectivity index (χ4v) is 2.44. The van der Waals surface area contributed by atoms with E-state index >= 15 is 0 Å². The van der Waals surface area contributed by atoms with Gasteiger partial charge in [-0.1, -0.05) is 25.5 Å². The molecule has 1 N–H and O–H groups in total. The summed E-state index contributed by atoms with van der Waals surface area (Å²) in [6.45, 7) is 2.89. The van der Waals surface area contributed by atoms with Gasteiger partial charge in [0.15, 0.2) is 12.5 Å². The third-order valence-corrected chi connectivity index (χ3v) is 3.41. The Balaban J connectivity index is 2.08. The number of nitrogens with zero attached hydrogens (tertiary/aromatic N) is 1. The Bertz CT molecular complexity index is 404. The van der Waals surface area contributed by atoms with E-state index in [4.69, 9.17) is 9.84 Å². The summed E-state index contributed by atoms with van der Waals surface area (Å²) in [6, 6.07) is 8.26. The molecule has 1 fully saturated rings. The number of benzene rings is 1. The van der Waals surface area contributed by atoms with Gasteiger partial charge in [0, 0.05) is 18.8 Å². The van der Waals surface area contributed by atoms with Crippen molar-refractivity contribution in [3.05, 3.63) is 29.8 Å². The Labute approximate surface area is 114 Å². The second-order valence-electron chi connectivity index (χ2n) is 4.87. The molecule has 0 radical (unpaired) electrons. The molecule has 2 rings (SSSR count). The van der Waals surface area contributed by atoms with Gasteiger partial charge < -0.3 is 14.7 Å². The summed E-state index contributed by atoms with van der Waals surface area (Å²) in [4.78, 5) is 13.0. The number of hydrogen-bond acceptors (Lipinski definition) is 4. The fourth-order valence-electron chi connectivity index (χ4n) is 2.44. The highest BCUT2D eigenvalue weighted by molar-refractivity contribution is 5.65. The zero-order valence-corrected chi connectivity index (χ0v) is 11.3. The van der Waals surface area contributed by atoms with Gasteiger partial charge in [-0.3, -0.25) is 4.79 Å². The number of ether oxygens (including phenoxy) is 1. The van der Waals surface area contributed by atoms with Crippen molar-refractivity contribution in [2.24, 2.45) is 0 Å². The highest BCUT2D eigenvalue weighted by atomic mass is 16.5. The smallest absolute Gasteiger partial charge is 0.187 e. The molecule has 4 nitrogen and oxygen atoms in total. The van der Waals surface area contributed by atoms with Gasteiger partial charge in [-0.05, 0) is 30.5 Å². The molecule has 1 saturated heterocycles. The molecule has 19 heavy (non-hydrogen) atoms. The molecule has 1 aromatic carbocycles. The summed E-state index contributed by atoms with van der Waals surface area (Å²) in [5.74, 6) is 0. The van der Waals surface area contributed by atoms with Crippen LogP contribution >= 0.6 is 0 Å². The number of anilines is 1. The lowest BCUT2D eigenvalue weighted by Gasteiger charge is -2.21. The first-order chi connectivity index (χ1) is 9.28. The minimum Gasteiger partial charge on any atom is -0.396 e.